The van der Waals surface area contributed by atoms with Gasteiger partial charge in [-0.3, -0.25) is 14.5 Å². The third kappa shape index (κ3) is 4.48. The second-order valence-corrected chi connectivity index (χ2v) is 7.47. The Bertz CT molecular complexity index is 855. The van der Waals surface area contributed by atoms with Crippen molar-refractivity contribution in [1.29, 1.82) is 0 Å². The van der Waals surface area contributed by atoms with E-state index in [0.29, 0.717) is 34.2 Å². The first-order chi connectivity index (χ1) is 13.5. The molecule has 0 atom stereocenters. The summed E-state index contributed by atoms with van der Waals surface area (Å²) < 4.78 is 16.1. The summed E-state index contributed by atoms with van der Waals surface area (Å²) in [6.45, 7) is 4.36. The zero-order valence-electron chi connectivity index (χ0n) is 16.1. The van der Waals surface area contributed by atoms with E-state index in [1.54, 1.807) is 43.7 Å². The van der Waals surface area contributed by atoms with Gasteiger partial charge >= 0.3 is 0 Å². The molecule has 1 aromatic carbocycles. The number of benzene rings is 1. The molecule has 0 spiro atoms. The van der Waals surface area contributed by atoms with Crippen LogP contribution < -0.4 is 4.74 Å². The summed E-state index contributed by atoms with van der Waals surface area (Å²) in [7, 11) is 1.58. The largest absolute Gasteiger partial charge is 0.497 e. The lowest BCUT2D eigenvalue weighted by atomic mass is 10.1. The van der Waals surface area contributed by atoms with Gasteiger partial charge in [-0.15, -0.1) is 11.8 Å². The summed E-state index contributed by atoms with van der Waals surface area (Å²) in [6, 6.07) is 10.8. The van der Waals surface area contributed by atoms with Crippen molar-refractivity contribution in [2.24, 2.45) is 0 Å². The van der Waals surface area contributed by atoms with Gasteiger partial charge in [0, 0.05) is 0 Å². The van der Waals surface area contributed by atoms with Gasteiger partial charge in [0.1, 0.15) is 11.5 Å². The number of carbonyl (C=O) groups is 2. The average Bonchev–Trinajstić information content (AvgIpc) is 3.28. The summed E-state index contributed by atoms with van der Waals surface area (Å²) in [4.78, 5) is 27.7. The fraction of sp³-hybridized carbons (Fsp3) is 0.333. The van der Waals surface area contributed by atoms with Gasteiger partial charge in [-0.05, 0) is 43.7 Å². The predicted molar refractivity (Wildman–Crippen MR) is 108 cm³/mol. The first-order valence-electron chi connectivity index (χ1n) is 9.03. The van der Waals surface area contributed by atoms with E-state index in [0.717, 1.165) is 5.76 Å². The quantitative estimate of drug-likeness (QED) is 0.597. The molecule has 0 radical (unpaired) electrons. The molecule has 148 valence electrons. The first kappa shape index (κ1) is 20.2. The van der Waals surface area contributed by atoms with Crippen LogP contribution in [-0.2, 0) is 20.1 Å². The molecule has 0 unspecified atom stereocenters. The lowest BCUT2D eigenvalue weighted by Crippen LogP contribution is -2.35. The summed E-state index contributed by atoms with van der Waals surface area (Å²) in [5.74, 6) is 1.31. The fourth-order valence-electron chi connectivity index (χ4n) is 2.82. The highest BCUT2D eigenvalue weighted by Gasteiger charge is 2.39. The normalized spacial score (nSPS) is 14.5. The predicted octanol–water partition coefficient (Wildman–Crippen LogP) is 3.73. The van der Waals surface area contributed by atoms with Gasteiger partial charge in [-0.2, -0.15) is 0 Å². The molecule has 1 aliphatic rings. The van der Waals surface area contributed by atoms with Gasteiger partial charge in [0.05, 0.1) is 48.9 Å². The van der Waals surface area contributed by atoms with Crippen molar-refractivity contribution < 1.29 is 23.5 Å². The van der Waals surface area contributed by atoms with E-state index >= 15 is 0 Å². The number of rotatable bonds is 9. The molecule has 2 amide bonds. The maximum atomic E-state index is 13.0. The van der Waals surface area contributed by atoms with Crippen molar-refractivity contribution in [1.82, 2.24) is 4.90 Å². The maximum absolute atomic E-state index is 13.0. The standard InChI is InChI=1S/C21H23NO5S/c1-14(2)26-12-10-22-20(23)18(15-6-8-16(25-3)9-7-15)19(21(22)24)28-13-17-5-4-11-27-17/h4-9,11,14H,10,12-13H2,1-3H3. The number of ether oxygens (including phenoxy) is 2. The highest BCUT2D eigenvalue weighted by molar-refractivity contribution is 8.03. The smallest absolute Gasteiger partial charge is 0.268 e. The molecule has 6 nitrogen and oxygen atoms in total. The van der Waals surface area contributed by atoms with Crippen LogP contribution >= 0.6 is 11.8 Å². The molecule has 1 aliphatic heterocycles. The molecule has 0 fully saturated rings. The highest BCUT2D eigenvalue weighted by atomic mass is 32.2. The zero-order valence-corrected chi connectivity index (χ0v) is 17.0. The Morgan fingerprint density at radius 3 is 2.46 bits per heavy atom. The molecule has 0 aliphatic carbocycles. The van der Waals surface area contributed by atoms with Crippen LogP contribution in [0.1, 0.15) is 25.2 Å². The Labute approximate surface area is 168 Å². The minimum Gasteiger partial charge on any atom is -0.497 e. The van der Waals surface area contributed by atoms with Gasteiger partial charge in [0.25, 0.3) is 11.8 Å². The third-order valence-electron chi connectivity index (χ3n) is 4.21. The number of amides is 2. The van der Waals surface area contributed by atoms with E-state index in [9.17, 15) is 9.59 Å². The van der Waals surface area contributed by atoms with E-state index in [2.05, 4.69) is 0 Å². The van der Waals surface area contributed by atoms with Crippen LogP contribution in [0, 0.1) is 0 Å². The maximum Gasteiger partial charge on any atom is 0.268 e. The molecule has 0 saturated carbocycles. The fourth-order valence-corrected chi connectivity index (χ4v) is 3.85. The van der Waals surface area contributed by atoms with Gasteiger partial charge in [0.2, 0.25) is 0 Å². The first-order valence-corrected chi connectivity index (χ1v) is 10.0. The molecule has 0 N–H and O–H groups in total. The van der Waals surface area contributed by atoms with Gasteiger partial charge < -0.3 is 13.9 Å². The number of carbonyl (C=O) groups excluding carboxylic acids is 2. The van der Waals surface area contributed by atoms with Gasteiger partial charge in [-0.1, -0.05) is 12.1 Å². The van der Waals surface area contributed by atoms with Crippen molar-refractivity contribution >= 4 is 29.1 Å². The van der Waals surface area contributed by atoms with E-state index in [4.69, 9.17) is 13.9 Å². The minimum absolute atomic E-state index is 0.0367. The van der Waals surface area contributed by atoms with Crippen molar-refractivity contribution in [2.45, 2.75) is 25.7 Å². The second kappa shape index (κ2) is 9.12. The molecule has 1 aromatic heterocycles. The molecule has 2 heterocycles. The second-order valence-electron chi connectivity index (χ2n) is 6.48. The number of hydrogen-bond acceptors (Lipinski definition) is 6. The zero-order chi connectivity index (χ0) is 20.1. The van der Waals surface area contributed by atoms with Crippen LogP contribution in [0.4, 0.5) is 0 Å². The molecule has 7 heteroatoms. The van der Waals surface area contributed by atoms with Crippen LogP contribution in [0.25, 0.3) is 5.57 Å². The number of furan rings is 1. The monoisotopic (exact) mass is 401 g/mol. The molecule has 0 saturated heterocycles. The molecule has 28 heavy (non-hydrogen) atoms. The average molecular weight is 401 g/mol. The SMILES string of the molecule is COc1ccc(C2=C(SCc3ccco3)C(=O)N(CCOC(C)C)C2=O)cc1. The topological polar surface area (TPSA) is 69.0 Å². The third-order valence-corrected chi connectivity index (χ3v) is 5.31. The van der Waals surface area contributed by atoms with Crippen LogP contribution in [0.15, 0.2) is 52.0 Å². The molecule has 2 aromatic rings. The van der Waals surface area contributed by atoms with E-state index in [1.807, 2.05) is 19.9 Å². The Morgan fingerprint density at radius 1 is 1.11 bits per heavy atom. The number of methoxy groups -OCH3 is 1. The van der Waals surface area contributed by atoms with E-state index < -0.39 is 0 Å². The summed E-state index contributed by atoms with van der Waals surface area (Å²) in [5.41, 5.74) is 1.10. The summed E-state index contributed by atoms with van der Waals surface area (Å²) >= 11 is 1.31. The van der Waals surface area contributed by atoms with Crippen molar-refractivity contribution in [3.05, 3.63) is 58.9 Å². The number of imide groups is 1. The van der Waals surface area contributed by atoms with Crippen LogP contribution in [-0.4, -0.2) is 43.1 Å². The van der Waals surface area contributed by atoms with Crippen molar-refractivity contribution in [3.8, 4) is 5.75 Å². The van der Waals surface area contributed by atoms with Gasteiger partial charge in [-0.25, -0.2) is 0 Å². The lowest BCUT2D eigenvalue weighted by Gasteiger charge is -2.16. The van der Waals surface area contributed by atoms with Crippen LogP contribution in [0.2, 0.25) is 0 Å². The number of hydrogen-bond donors (Lipinski definition) is 0. The van der Waals surface area contributed by atoms with Gasteiger partial charge in [0.15, 0.2) is 0 Å². The highest BCUT2D eigenvalue weighted by Crippen LogP contribution is 2.37. The Balaban J connectivity index is 1.87. The van der Waals surface area contributed by atoms with E-state index in [-0.39, 0.29) is 24.5 Å². The Hall–Kier alpha value is -2.51. The van der Waals surface area contributed by atoms with Crippen LogP contribution in [0.3, 0.4) is 0 Å². The summed E-state index contributed by atoms with van der Waals surface area (Å²) in [6.07, 6.45) is 1.63. The Kier molecular flexibility index (Phi) is 6.59. The molecular formula is C21H23NO5S. The lowest BCUT2D eigenvalue weighted by molar-refractivity contribution is -0.137. The van der Waals surface area contributed by atoms with E-state index in [1.165, 1.54) is 16.7 Å². The molecule has 0 bridgehead atoms. The Morgan fingerprint density at radius 2 is 1.86 bits per heavy atom. The summed E-state index contributed by atoms with van der Waals surface area (Å²) in [5, 5.41) is 0. The van der Waals surface area contributed by atoms with Crippen molar-refractivity contribution in [3.63, 3.8) is 0 Å². The minimum atomic E-state index is -0.301. The number of thioether (sulfide) groups is 1. The van der Waals surface area contributed by atoms with Crippen LogP contribution in [0.5, 0.6) is 5.75 Å². The molecular weight excluding hydrogens is 378 g/mol. The van der Waals surface area contributed by atoms with Crippen molar-refractivity contribution in [2.75, 3.05) is 20.3 Å². The molecule has 3 rings (SSSR count). The number of nitrogens with zero attached hydrogens (tertiary/aromatic N) is 1.